The van der Waals surface area contributed by atoms with E-state index < -0.39 is 0 Å². The number of benzene rings is 1. The molecular weight excluding hydrogens is 216 g/mol. The number of halogens is 1. The first-order valence-electron chi connectivity index (χ1n) is 4.32. The van der Waals surface area contributed by atoms with E-state index >= 15 is 0 Å². The molecule has 1 aromatic rings. The molecule has 76 valence electrons. The molecule has 0 aliphatic rings. The van der Waals surface area contributed by atoms with Crippen LogP contribution in [0.25, 0.3) is 0 Å². The zero-order valence-corrected chi connectivity index (χ0v) is 9.52. The Labute approximate surface area is 95.1 Å². The van der Waals surface area contributed by atoms with Gasteiger partial charge in [-0.1, -0.05) is 30.3 Å². The van der Waals surface area contributed by atoms with Crippen molar-refractivity contribution < 1.29 is 4.74 Å². The monoisotopic (exact) mass is 228 g/mol. The minimum atomic E-state index is 0.552. The summed E-state index contributed by atoms with van der Waals surface area (Å²) >= 11 is 9.92. The summed E-state index contributed by atoms with van der Waals surface area (Å²) in [6.07, 6.45) is 0. The van der Waals surface area contributed by atoms with Crippen LogP contribution in [0.15, 0.2) is 36.4 Å². The minimum absolute atomic E-state index is 0.552. The Morgan fingerprint density at radius 1 is 1.50 bits per heavy atom. The highest BCUT2D eigenvalue weighted by Gasteiger charge is 1.95. The Morgan fingerprint density at radius 3 is 2.93 bits per heavy atom. The SMILES string of the molecule is C=C(CS)COCc1cccc(Cl)c1. The van der Waals surface area contributed by atoms with E-state index in [9.17, 15) is 0 Å². The third-order valence-electron chi connectivity index (χ3n) is 1.69. The lowest BCUT2D eigenvalue weighted by molar-refractivity contribution is 0.143. The highest BCUT2D eigenvalue weighted by Crippen LogP contribution is 2.11. The Bertz CT molecular complexity index is 312. The summed E-state index contributed by atoms with van der Waals surface area (Å²) in [5, 5.41) is 0.735. The van der Waals surface area contributed by atoms with Crippen molar-refractivity contribution in [1.82, 2.24) is 0 Å². The zero-order chi connectivity index (χ0) is 10.4. The van der Waals surface area contributed by atoms with Crippen LogP contribution in [0.5, 0.6) is 0 Å². The van der Waals surface area contributed by atoms with E-state index in [0.29, 0.717) is 19.0 Å². The zero-order valence-electron chi connectivity index (χ0n) is 7.87. The van der Waals surface area contributed by atoms with Crippen LogP contribution in [0.3, 0.4) is 0 Å². The van der Waals surface area contributed by atoms with Crippen molar-refractivity contribution >= 4 is 24.2 Å². The van der Waals surface area contributed by atoms with Gasteiger partial charge in [-0.2, -0.15) is 12.6 Å². The fourth-order valence-electron chi connectivity index (χ4n) is 0.986. The van der Waals surface area contributed by atoms with Gasteiger partial charge in [0.25, 0.3) is 0 Å². The van der Waals surface area contributed by atoms with Crippen LogP contribution in [0, 0.1) is 0 Å². The maximum Gasteiger partial charge on any atom is 0.0721 e. The summed E-state index contributed by atoms with van der Waals surface area (Å²) in [7, 11) is 0. The van der Waals surface area contributed by atoms with Crippen LogP contribution < -0.4 is 0 Å². The first-order valence-corrected chi connectivity index (χ1v) is 5.33. The van der Waals surface area contributed by atoms with E-state index in [1.165, 1.54) is 0 Å². The van der Waals surface area contributed by atoms with Gasteiger partial charge in [-0.15, -0.1) is 0 Å². The van der Waals surface area contributed by atoms with Crippen molar-refractivity contribution in [2.75, 3.05) is 12.4 Å². The summed E-state index contributed by atoms with van der Waals surface area (Å²) < 4.78 is 5.42. The van der Waals surface area contributed by atoms with E-state index in [0.717, 1.165) is 16.2 Å². The third-order valence-corrected chi connectivity index (χ3v) is 2.37. The Hall–Kier alpha value is -0.440. The highest BCUT2D eigenvalue weighted by atomic mass is 35.5. The van der Waals surface area contributed by atoms with Crippen LogP contribution >= 0.6 is 24.2 Å². The van der Waals surface area contributed by atoms with E-state index in [1.54, 1.807) is 0 Å². The molecule has 0 amide bonds. The molecule has 0 fully saturated rings. The average molecular weight is 229 g/mol. The molecule has 3 heteroatoms. The van der Waals surface area contributed by atoms with Crippen LogP contribution in [0.2, 0.25) is 5.02 Å². The molecule has 1 aromatic carbocycles. The largest absolute Gasteiger partial charge is 0.372 e. The van der Waals surface area contributed by atoms with Crippen LogP contribution in [-0.4, -0.2) is 12.4 Å². The van der Waals surface area contributed by atoms with E-state index in [4.69, 9.17) is 16.3 Å². The molecule has 0 heterocycles. The second-order valence-electron chi connectivity index (χ2n) is 3.03. The quantitative estimate of drug-likeness (QED) is 0.601. The van der Waals surface area contributed by atoms with Gasteiger partial charge in [-0.25, -0.2) is 0 Å². The number of hydrogen-bond donors (Lipinski definition) is 1. The average Bonchev–Trinajstić information content (AvgIpc) is 2.17. The van der Waals surface area contributed by atoms with Crippen molar-refractivity contribution in [2.45, 2.75) is 6.61 Å². The molecule has 0 aliphatic heterocycles. The Balaban J connectivity index is 2.35. The van der Waals surface area contributed by atoms with Crippen molar-refractivity contribution in [3.63, 3.8) is 0 Å². The molecule has 0 saturated heterocycles. The summed E-state index contributed by atoms with van der Waals surface area (Å²) in [5.41, 5.74) is 2.06. The molecule has 1 nitrogen and oxygen atoms in total. The van der Waals surface area contributed by atoms with Crippen molar-refractivity contribution in [1.29, 1.82) is 0 Å². The number of rotatable bonds is 5. The van der Waals surface area contributed by atoms with Gasteiger partial charge >= 0.3 is 0 Å². The second kappa shape index (κ2) is 6.12. The predicted octanol–water partition coefficient (Wildman–Crippen LogP) is 3.34. The first kappa shape index (κ1) is 11.6. The predicted molar refractivity (Wildman–Crippen MR) is 64.1 cm³/mol. The maximum absolute atomic E-state index is 5.83. The van der Waals surface area contributed by atoms with Crippen LogP contribution in [0.1, 0.15) is 5.56 Å². The second-order valence-corrected chi connectivity index (χ2v) is 3.78. The lowest BCUT2D eigenvalue weighted by Crippen LogP contribution is -1.98. The van der Waals surface area contributed by atoms with Gasteiger partial charge in [0.2, 0.25) is 0 Å². The van der Waals surface area contributed by atoms with E-state index in [2.05, 4.69) is 19.2 Å². The molecule has 0 atom stereocenters. The number of thiol groups is 1. The van der Waals surface area contributed by atoms with Crippen LogP contribution in [-0.2, 0) is 11.3 Å². The molecule has 0 aliphatic carbocycles. The number of ether oxygens (including phenoxy) is 1. The normalized spacial score (nSPS) is 10.1. The van der Waals surface area contributed by atoms with E-state index in [-0.39, 0.29) is 0 Å². The Morgan fingerprint density at radius 2 is 2.29 bits per heavy atom. The minimum Gasteiger partial charge on any atom is -0.372 e. The third kappa shape index (κ3) is 4.18. The fraction of sp³-hybridized carbons (Fsp3) is 0.273. The molecule has 14 heavy (non-hydrogen) atoms. The molecule has 0 spiro atoms. The van der Waals surface area contributed by atoms with Gasteiger partial charge < -0.3 is 4.74 Å². The fourth-order valence-corrected chi connectivity index (χ4v) is 1.29. The standard InChI is InChI=1S/C11H13ClOS/c1-9(8-14)6-13-7-10-3-2-4-11(12)5-10/h2-5,14H,1,6-8H2. The van der Waals surface area contributed by atoms with Gasteiger partial charge in [-0.05, 0) is 23.3 Å². The molecule has 0 N–H and O–H groups in total. The molecular formula is C11H13ClOS. The molecule has 0 bridgehead atoms. The molecule has 0 radical (unpaired) electrons. The van der Waals surface area contributed by atoms with Gasteiger partial charge in [0.1, 0.15) is 0 Å². The van der Waals surface area contributed by atoms with Gasteiger partial charge in [0.05, 0.1) is 13.2 Å². The summed E-state index contributed by atoms with van der Waals surface area (Å²) in [6, 6.07) is 7.63. The summed E-state index contributed by atoms with van der Waals surface area (Å²) in [5.74, 6) is 0.662. The van der Waals surface area contributed by atoms with Gasteiger partial charge in [0, 0.05) is 10.8 Å². The van der Waals surface area contributed by atoms with Crippen LogP contribution in [0.4, 0.5) is 0 Å². The van der Waals surface area contributed by atoms with Crippen molar-refractivity contribution in [3.8, 4) is 0 Å². The highest BCUT2D eigenvalue weighted by molar-refractivity contribution is 7.80. The van der Waals surface area contributed by atoms with Crippen molar-refractivity contribution in [2.24, 2.45) is 0 Å². The topological polar surface area (TPSA) is 9.23 Å². The van der Waals surface area contributed by atoms with E-state index in [1.807, 2.05) is 24.3 Å². The van der Waals surface area contributed by atoms with Gasteiger partial charge in [-0.3, -0.25) is 0 Å². The molecule has 0 saturated carbocycles. The molecule has 0 unspecified atom stereocenters. The maximum atomic E-state index is 5.83. The van der Waals surface area contributed by atoms with Crippen molar-refractivity contribution in [3.05, 3.63) is 47.0 Å². The first-order chi connectivity index (χ1) is 6.72. The molecule has 0 aromatic heterocycles. The Kier molecular flexibility index (Phi) is 5.09. The number of hydrogen-bond acceptors (Lipinski definition) is 2. The smallest absolute Gasteiger partial charge is 0.0721 e. The lowest BCUT2D eigenvalue weighted by Gasteiger charge is -2.05. The summed E-state index contributed by atoms with van der Waals surface area (Å²) in [4.78, 5) is 0. The van der Waals surface area contributed by atoms with Gasteiger partial charge in [0.15, 0.2) is 0 Å². The molecule has 1 rings (SSSR count). The summed E-state index contributed by atoms with van der Waals surface area (Å²) in [6.45, 7) is 4.91. The lowest BCUT2D eigenvalue weighted by atomic mass is 10.2.